The predicted molar refractivity (Wildman–Crippen MR) is 137 cm³/mol. The lowest BCUT2D eigenvalue weighted by Gasteiger charge is -2.40. The van der Waals surface area contributed by atoms with Crippen LogP contribution in [0.2, 0.25) is 0 Å². The van der Waals surface area contributed by atoms with Crippen LogP contribution in [0.4, 0.5) is 29.6 Å². The summed E-state index contributed by atoms with van der Waals surface area (Å²) in [7, 11) is -8.23. The summed E-state index contributed by atoms with van der Waals surface area (Å²) in [4.78, 5) is 23.8. The smallest absolute Gasteiger partial charge is 0.310 e. The van der Waals surface area contributed by atoms with Crippen molar-refractivity contribution in [1.82, 2.24) is 29.6 Å². The van der Waals surface area contributed by atoms with Gasteiger partial charge in [0, 0.05) is 25.0 Å². The topological polar surface area (TPSA) is 106 Å². The number of amides is 1. The van der Waals surface area contributed by atoms with Crippen molar-refractivity contribution in [3.63, 3.8) is 0 Å². The van der Waals surface area contributed by atoms with Crippen molar-refractivity contribution in [1.29, 1.82) is 0 Å². The van der Waals surface area contributed by atoms with Gasteiger partial charge in [0.05, 0.1) is 45.8 Å². The number of nitrogen functional groups attached to an aromatic ring is 1. The predicted octanol–water partition coefficient (Wildman–Crippen LogP) is 6.67. The number of nitrogens with one attached hydrogen (secondary N) is 1. The molecule has 0 saturated carbocycles. The van der Waals surface area contributed by atoms with Gasteiger partial charge in [-0.05, 0) is 30.2 Å². The number of H-pyrrole nitrogens is 1. The highest BCUT2D eigenvalue weighted by Crippen LogP contribution is 3.02. The third kappa shape index (κ3) is 4.93. The molecule has 5 rings (SSSR count). The number of hydrogen-bond acceptors (Lipinski definition) is 5. The molecule has 8 nitrogen and oxygen atoms in total. The van der Waals surface area contributed by atoms with Gasteiger partial charge in [0.25, 0.3) is 5.91 Å². The van der Waals surface area contributed by atoms with E-state index < -0.39 is 26.8 Å². The first-order valence-electron chi connectivity index (χ1n) is 11.6. The Kier molecular flexibility index (Phi) is 5.46. The number of imidazole rings is 1. The Morgan fingerprint density at radius 3 is 2.46 bits per heavy atom. The van der Waals surface area contributed by atoms with E-state index in [1.165, 1.54) is 21.8 Å². The first kappa shape index (κ1) is 26.6. The number of hydrogen-bond donors (Lipinski definition) is 2. The molecule has 1 amide bonds. The molecule has 3 N–H and O–H groups in total. The molecule has 3 aromatic heterocycles. The molecule has 0 atom stereocenters. The monoisotopic (exact) mass is 571 g/mol. The Balaban J connectivity index is 1.55. The lowest BCUT2D eigenvalue weighted by atomic mass is 10.1. The Hall–Kier alpha value is -4.01. The molecule has 0 aliphatic carbocycles. The number of nitrogens with zero attached hydrogens (tertiary/aromatic N) is 5. The molecular formula is C24H23F6N7OS. The van der Waals surface area contributed by atoms with E-state index in [4.69, 9.17) is 5.73 Å². The number of carbonyl (C=O) groups is 1. The van der Waals surface area contributed by atoms with Crippen LogP contribution in [0.15, 0.2) is 41.4 Å². The number of fused-ring (bicyclic) bond motifs is 4. The highest BCUT2D eigenvalue weighted by molar-refractivity contribution is 8.45. The summed E-state index contributed by atoms with van der Waals surface area (Å²) in [5.74, 6) is -1.43. The summed E-state index contributed by atoms with van der Waals surface area (Å²) in [6, 6.07) is 3.86. The van der Waals surface area contributed by atoms with Gasteiger partial charge in [-0.3, -0.25) is 9.48 Å². The van der Waals surface area contributed by atoms with Gasteiger partial charge >= 0.3 is 10.2 Å². The Morgan fingerprint density at radius 1 is 1.08 bits per heavy atom. The Labute approximate surface area is 217 Å². The highest BCUT2D eigenvalue weighted by atomic mass is 32.5. The average Bonchev–Trinajstić information content (AvgIpc) is 3.39. The Morgan fingerprint density at radius 2 is 1.79 bits per heavy atom. The van der Waals surface area contributed by atoms with E-state index in [1.54, 1.807) is 7.05 Å². The van der Waals surface area contributed by atoms with Crippen molar-refractivity contribution < 1.29 is 28.6 Å². The second kappa shape index (κ2) is 8.00. The van der Waals surface area contributed by atoms with Crippen LogP contribution in [-0.2, 0) is 13.6 Å². The number of aryl methyl sites for hydroxylation is 1. The van der Waals surface area contributed by atoms with Gasteiger partial charge in [0.15, 0.2) is 0 Å². The molecule has 0 aliphatic heterocycles. The molecule has 39 heavy (non-hydrogen) atoms. The van der Waals surface area contributed by atoms with Crippen molar-refractivity contribution in [2.24, 2.45) is 13.0 Å². The maximum Gasteiger partial charge on any atom is 0.310 e. The van der Waals surface area contributed by atoms with Crippen molar-refractivity contribution >= 4 is 54.8 Å². The number of pyridine rings is 1. The van der Waals surface area contributed by atoms with E-state index in [0.717, 1.165) is 12.1 Å². The number of benzene rings is 2. The fourth-order valence-corrected chi connectivity index (χ4v) is 5.18. The van der Waals surface area contributed by atoms with E-state index in [9.17, 15) is 24.2 Å². The second-order valence-electron chi connectivity index (χ2n) is 9.79. The van der Waals surface area contributed by atoms with Crippen molar-refractivity contribution in [2.45, 2.75) is 25.3 Å². The van der Waals surface area contributed by atoms with Crippen LogP contribution < -0.4 is 5.73 Å². The zero-order chi connectivity index (χ0) is 28.6. The lowest BCUT2D eigenvalue weighted by molar-refractivity contribution is 0.0714. The highest BCUT2D eigenvalue weighted by Gasteiger charge is 2.65. The van der Waals surface area contributed by atoms with Gasteiger partial charge in [-0.25, -0.2) is 14.4 Å². The van der Waals surface area contributed by atoms with Gasteiger partial charge in [-0.2, -0.15) is 5.10 Å². The number of halogens is 6. The summed E-state index contributed by atoms with van der Waals surface area (Å²) in [6.07, 6.45) is 1.51. The van der Waals surface area contributed by atoms with E-state index in [0.29, 0.717) is 22.4 Å². The molecule has 5 aromatic rings. The van der Waals surface area contributed by atoms with E-state index in [1.807, 2.05) is 13.8 Å². The molecule has 15 heteroatoms. The molecule has 0 bridgehead atoms. The quantitative estimate of drug-likeness (QED) is 0.221. The van der Waals surface area contributed by atoms with Gasteiger partial charge in [0.1, 0.15) is 22.4 Å². The third-order valence-corrected chi connectivity index (χ3v) is 7.33. The Bertz CT molecular complexity index is 1800. The number of rotatable bonds is 6. The fraction of sp³-hybridized carbons (Fsp3) is 0.250. The zero-order valence-corrected chi connectivity index (χ0v) is 21.7. The molecule has 2 aromatic carbocycles. The summed E-state index contributed by atoms with van der Waals surface area (Å²) in [5, 5.41) is 5.14. The van der Waals surface area contributed by atoms with E-state index in [-0.39, 0.29) is 58.8 Å². The molecule has 0 unspecified atom stereocenters. The molecular weight excluding hydrogens is 548 g/mol. The molecule has 0 radical (unpaired) electrons. The number of aromatic nitrogens is 5. The molecule has 0 saturated heterocycles. The van der Waals surface area contributed by atoms with Crippen LogP contribution in [0.3, 0.4) is 0 Å². The van der Waals surface area contributed by atoms with E-state index >= 15 is 4.39 Å². The largest absolute Gasteiger partial charge is 0.383 e. The second-order valence-corrected chi connectivity index (χ2v) is 12.2. The van der Waals surface area contributed by atoms with Gasteiger partial charge < -0.3 is 15.6 Å². The number of aromatic amines is 1. The van der Waals surface area contributed by atoms with Crippen molar-refractivity contribution in [3.8, 4) is 0 Å². The molecule has 0 fully saturated rings. The first-order chi connectivity index (χ1) is 17.9. The van der Waals surface area contributed by atoms with Gasteiger partial charge in [-0.15, -0.1) is 0 Å². The molecule has 0 aliphatic rings. The van der Waals surface area contributed by atoms with Gasteiger partial charge in [-0.1, -0.05) is 33.3 Å². The lowest BCUT2D eigenvalue weighted by Crippen LogP contribution is -2.34. The van der Waals surface area contributed by atoms with Crippen LogP contribution in [0, 0.1) is 11.7 Å². The minimum absolute atomic E-state index is 0.00620. The fourth-order valence-electron chi connectivity index (χ4n) is 4.51. The minimum atomic E-state index is -9.90. The van der Waals surface area contributed by atoms with Crippen molar-refractivity contribution in [3.05, 3.63) is 53.7 Å². The van der Waals surface area contributed by atoms with Crippen LogP contribution >= 0.6 is 10.2 Å². The SMILES string of the molecule is CC(C)CN(Cc1nc2ccc(S(F)(F)(F)(F)F)cc2[nH]1)C(=O)c1cc2c(cc1F)nc(N)c1cnn(C)c12. The summed E-state index contributed by atoms with van der Waals surface area (Å²) in [5.41, 5.74) is 6.23. The van der Waals surface area contributed by atoms with Crippen LogP contribution in [0.1, 0.15) is 30.0 Å². The summed E-state index contributed by atoms with van der Waals surface area (Å²) >= 11 is 0. The molecule has 208 valence electrons. The number of carbonyl (C=O) groups excluding carboxylic acids is 1. The van der Waals surface area contributed by atoms with Crippen molar-refractivity contribution in [2.75, 3.05) is 12.3 Å². The standard InChI is InChI=1S/C24H23F6N7OS/c1-12(2)10-37(11-21-33-18-5-4-13(6-20(18)34-21)39(26,27,28,29)30)24(38)14-7-15-19(8-17(14)25)35-23(31)16-9-32-36(3)22(15)16/h4-9,12H,10-11H2,1-3H3,(H2,31,35)(H,33,34). The molecule has 0 spiro atoms. The number of anilines is 1. The summed E-state index contributed by atoms with van der Waals surface area (Å²) < 4.78 is 83.1. The average molecular weight is 572 g/mol. The minimum Gasteiger partial charge on any atom is -0.383 e. The number of nitrogens with two attached hydrogens (primary N) is 1. The van der Waals surface area contributed by atoms with Crippen LogP contribution in [-0.4, -0.2) is 42.1 Å². The molecule has 3 heterocycles. The van der Waals surface area contributed by atoms with Gasteiger partial charge in [0.2, 0.25) is 0 Å². The normalized spacial score (nSPS) is 14.3. The third-order valence-electron chi connectivity index (χ3n) is 6.19. The van der Waals surface area contributed by atoms with Crippen LogP contribution in [0.25, 0.3) is 32.8 Å². The zero-order valence-electron chi connectivity index (χ0n) is 20.9. The van der Waals surface area contributed by atoms with E-state index in [2.05, 4.69) is 20.1 Å². The summed E-state index contributed by atoms with van der Waals surface area (Å²) in [6.45, 7) is 3.55. The maximum absolute atomic E-state index is 15.2. The van der Waals surface area contributed by atoms with Crippen LogP contribution in [0.5, 0.6) is 0 Å². The maximum atomic E-state index is 15.2. The first-order valence-corrected chi connectivity index (χ1v) is 13.6.